The lowest BCUT2D eigenvalue weighted by atomic mass is 10.0. The van der Waals surface area contributed by atoms with E-state index in [1.165, 1.54) is 18.2 Å². The Balaban J connectivity index is 2.49. The van der Waals surface area contributed by atoms with E-state index in [0.717, 1.165) is 6.42 Å². The molecule has 1 rings (SSSR count). The lowest BCUT2D eigenvalue weighted by Gasteiger charge is -2.13. The van der Waals surface area contributed by atoms with Crippen LogP contribution >= 0.6 is 0 Å². The van der Waals surface area contributed by atoms with Gasteiger partial charge in [-0.05, 0) is 24.5 Å². The lowest BCUT2D eigenvalue weighted by molar-refractivity contribution is 0.0937. The summed E-state index contributed by atoms with van der Waals surface area (Å²) in [5, 5.41) is 11.5. The van der Waals surface area contributed by atoms with Crippen LogP contribution in [0, 0.1) is 11.9 Å². The Morgan fingerprint density at radius 3 is 2.94 bits per heavy atom. The Bertz CT molecular complexity index is 371. The van der Waals surface area contributed by atoms with Crippen LogP contribution < -0.4 is 5.32 Å². The van der Waals surface area contributed by atoms with Crippen LogP contribution in [0.4, 0.5) is 4.39 Å². The van der Waals surface area contributed by atoms with E-state index in [1.807, 2.05) is 6.92 Å². The zero-order valence-electron chi connectivity index (χ0n) is 9.82. The minimum absolute atomic E-state index is 0.0730. The van der Waals surface area contributed by atoms with Crippen LogP contribution in [0.25, 0.3) is 0 Å². The van der Waals surface area contributed by atoms with Gasteiger partial charge in [0.25, 0.3) is 5.91 Å². The van der Waals surface area contributed by atoms with Crippen molar-refractivity contribution >= 4 is 5.91 Å². The number of aromatic nitrogens is 1. The number of amides is 1. The highest BCUT2D eigenvalue weighted by atomic mass is 19.1. The van der Waals surface area contributed by atoms with Crippen LogP contribution in [0.5, 0.6) is 0 Å². The van der Waals surface area contributed by atoms with E-state index < -0.39 is 5.95 Å². The second-order valence-electron chi connectivity index (χ2n) is 3.84. The molecule has 4 nitrogen and oxygen atoms in total. The zero-order valence-corrected chi connectivity index (χ0v) is 9.82. The molecule has 0 bridgehead atoms. The van der Waals surface area contributed by atoms with Crippen molar-refractivity contribution in [3.63, 3.8) is 0 Å². The Morgan fingerprint density at radius 2 is 2.35 bits per heavy atom. The first-order valence-corrected chi connectivity index (χ1v) is 5.69. The minimum atomic E-state index is -0.667. The van der Waals surface area contributed by atoms with Crippen LogP contribution in [0.1, 0.15) is 30.3 Å². The molecule has 0 fully saturated rings. The molecule has 0 aliphatic rings. The van der Waals surface area contributed by atoms with Gasteiger partial charge in [0.15, 0.2) is 0 Å². The maximum Gasteiger partial charge on any atom is 0.270 e. The number of halogens is 1. The average molecular weight is 240 g/mol. The number of hydrogen-bond acceptors (Lipinski definition) is 3. The average Bonchev–Trinajstić information content (AvgIpc) is 2.34. The minimum Gasteiger partial charge on any atom is -0.396 e. The highest BCUT2D eigenvalue weighted by molar-refractivity contribution is 5.92. The summed E-state index contributed by atoms with van der Waals surface area (Å²) in [5.74, 6) is -0.821. The third kappa shape index (κ3) is 4.48. The summed E-state index contributed by atoms with van der Waals surface area (Å²) >= 11 is 0. The highest BCUT2D eigenvalue weighted by Crippen LogP contribution is 2.06. The maximum atomic E-state index is 12.8. The summed E-state index contributed by atoms with van der Waals surface area (Å²) in [5.41, 5.74) is 0.0730. The molecule has 0 saturated carbocycles. The number of aliphatic hydroxyl groups excluding tert-OH is 1. The normalized spacial score (nSPS) is 12.2. The fourth-order valence-corrected chi connectivity index (χ4v) is 1.50. The quantitative estimate of drug-likeness (QED) is 0.738. The number of hydrogen-bond donors (Lipinski definition) is 2. The number of carbonyl (C=O) groups is 1. The van der Waals surface area contributed by atoms with Gasteiger partial charge < -0.3 is 10.4 Å². The fraction of sp³-hybridized carbons (Fsp3) is 0.500. The van der Waals surface area contributed by atoms with Crippen molar-refractivity contribution in [1.29, 1.82) is 0 Å². The van der Waals surface area contributed by atoms with E-state index in [-0.39, 0.29) is 24.1 Å². The van der Waals surface area contributed by atoms with Gasteiger partial charge in [-0.1, -0.05) is 19.4 Å². The standard InChI is InChI=1S/C12H17FN2O2/c1-2-9(6-7-16)8-14-12(17)10-4-3-5-11(13)15-10/h3-5,9,16H,2,6-8H2,1H3,(H,14,17). The summed E-state index contributed by atoms with van der Waals surface area (Å²) in [6.45, 7) is 2.56. The molecule has 0 saturated heterocycles. The second-order valence-corrected chi connectivity index (χ2v) is 3.84. The first-order chi connectivity index (χ1) is 8.17. The van der Waals surface area contributed by atoms with Crippen LogP contribution in [0.15, 0.2) is 18.2 Å². The molecule has 1 atom stereocenters. The van der Waals surface area contributed by atoms with Crippen LogP contribution in [0.3, 0.4) is 0 Å². The molecular formula is C12H17FN2O2. The van der Waals surface area contributed by atoms with E-state index in [4.69, 9.17) is 5.11 Å². The lowest BCUT2D eigenvalue weighted by Crippen LogP contribution is -2.30. The van der Waals surface area contributed by atoms with Gasteiger partial charge in [-0.15, -0.1) is 0 Å². The van der Waals surface area contributed by atoms with Gasteiger partial charge in [-0.3, -0.25) is 4.79 Å². The predicted octanol–water partition coefficient (Wildman–Crippen LogP) is 1.36. The highest BCUT2D eigenvalue weighted by Gasteiger charge is 2.11. The van der Waals surface area contributed by atoms with Crippen molar-refractivity contribution in [2.24, 2.45) is 5.92 Å². The summed E-state index contributed by atoms with van der Waals surface area (Å²) in [6.07, 6.45) is 1.52. The topological polar surface area (TPSA) is 62.2 Å². The molecule has 0 aliphatic heterocycles. The zero-order chi connectivity index (χ0) is 12.7. The predicted molar refractivity (Wildman–Crippen MR) is 62.0 cm³/mol. The van der Waals surface area contributed by atoms with Gasteiger partial charge in [0.2, 0.25) is 5.95 Å². The maximum absolute atomic E-state index is 12.8. The molecule has 94 valence electrons. The first kappa shape index (κ1) is 13.6. The second kappa shape index (κ2) is 6.96. The fourth-order valence-electron chi connectivity index (χ4n) is 1.50. The number of pyridine rings is 1. The summed E-state index contributed by atoms with van der Waals surface area (Å²) < 4.78 is 12.8. The van der Waals surface area contributed by atoms with Crippen molar-refractivity contribution in [2.75, 3.05) is 13.2 Å². The summed E-state index contributed by atoms with van der Waals surface area (Å²) in [7, 11) is 0. The van der Waals surface area contributed by atoms with Gasteiger partial charge >= 0.3 is 0 Å². The van der Waals surface area contributed by atoms with Crippen molar-refractivity contribution in [3.05, 3.63) is 29.8 Å². The molecule has 0 aromatic carbocycles. The van der Waals surface area contributed by atoms with E-state index in [2.05, 4.69) is 10.3 Å². The van der Waals surface area contributed by atoms with E-state index in [0.29, 0.717) is 13.0 Å². The van der Waals surface area contributed by atoms with Crippen molar-refractivity contribution < 1.29 is 14.3 Å². The largest absolute Gasteiger partial charge is 0.396 e. The van der Waals surface area contributed by atoms with Gasteiger partial charge in [0.05, 0.1) is 0 Å². The number of nitrogens with one attached hydrogen (secondary N) is 1. The molecule has 17 heavy (non-hydrogen) atoms. The summed E-state index contributed by atoms with van der Waals surface area (Å²) in [4.78, 5) is 15.1. The van der Waals surface area contributed by atoms with Crippen LogP contribution in [-0.4, -0.2) is 29.1 Å². The van der Waals surface area contributed by atoms with Crippen molar-refractivity contribution in [2.45, 2.75) is 19.8 Å². The third-order valence-electron chi connectivity index (χ3n) is 2.61. The molecule has 1 aromatic rings. The van der Waals surface area contributed by atoms with E-state index >= 15 is 0 Å². The number of carbonyl (C=O) groups excluding carboxylic acids is 1. The third-order valence-corrected chi connectivity index (χ3v) is 2.61. The van der Waals surface area contributed by atoms with E-state index in [1.54, 1.807) is 0 Å². The SMILES string of the molecule is CCC(CCO)CNC(=O)c1cccc(F)n1. The molecule has 1 unspecified atom stereocenters. The van der Waals surface area contributed by atoms with Gasteiger partial charge in [0, 0.05) is 13.2 Å². The number of nitrogens with zero attached hydrogens (tertiary/aromatic N) is 1. The van der Waals surface area contributed by atoms with Gasteiger partial charge in [-0.2, -0.15) is 4.39 Å². The Kier molecular flexibility index (Phi) is 5.56. The van der Waals surface area contributed by atoms with Gasteiger partial charge in [0.1, 0.15) is 5.69 Å². The molecule has 0 radical (unpaired) electrons. The number of rotatable bonds is 6. The molecule has 5 heteroatoms. The molecule has 0 aliphatic carbocycles. The van der Waals surface area contributed by atoms with Crippen LogP contribution in [-0.2, 0) is 0 Å². The molecule has 1 heterocycles. The molecule has 2 N–H and O–H groups in total. The molecule has 0 spiro atoms. The van der Waals surface area contributed by atoms with Crippen molar-refractivity contribution in [1.82, 2.24) is 10.3 Å². The van der Waals surface area contributed by atoms with E-state index in [9.17, 15) is 9.18 Å². The Morgan fingerprint density at radius 1 is 1.59 bits per heavy atom. The van der Waals surface area contributed by atoms with Crippen LogP contribution in [0.2, 0.25) is 0 Å². The first-order valence-electron chi connectivity index (χ1n) is 5.69. The molecular weight excluding hydrogens is 223 g/mol. The number of aliphatic hydroxyl groups is 1. The Hall–Kier alpha value is -1.49. The smallest absolute Gasteiger partial charge is 0.270 e. The summed E-state index contributed by atoms with van der Waals surface area (Å²) in [6, 6.07) is 4.10. The van der Waals surface area contributed by atoms with Crippen molar-refractivity contribution in [3.8, 4) is 0 Å². The molecule has 1 aromatic heterocycles. The Labute approximate surface area is 99.9 Å². The molecule has 1 amide bonds. The monoisotopic (exact) mass is 240 g/mol. The van der Waals surface area contributed by atoms with Gasteiger partial charge in [-0.25, -0.2) is 4.98 Å².